The topological polar surface area (TPSA) is 43.1 Å². The molecule has 0 saturated heterocycles. The van der Waals surface area contributed by atoms with Crippen LogP contribution in [0.2, 0.25) is 0 Å². The Labute approximate surface area is 66.9 Å². The van der Waals surface area contributed by atoms with Gasteiger partial charge >= 0.3 is 0 Å². The zero-order chi connectivity index (χ0) is 8.65. The summed E-state index contributed by atoms with van der Waals surface area (Å²) in [6.45, 7) is 6.18. The molecule has 0 heterocycles. The molecule has 3 heteroatoms. The van der Waals surface area contributed by atoms with Gasteiger partial charge in [-0.1, -0.05) is 20.8 Å². The van der Waals surface area contributed by atoms with Crippen molar-refractivity contribution in [3.05, 3.63) is 10.1 Å². The minimum absolute atomic E-state index is 0.126. The molecule has 1 aliphatic rings. The van der Waals surface area contributed by atoms with Gasteiger partial charge in [-0.3, -0.25) is 10.1 Å². The van der Waals surface area contributed by atoms with Gasteiger partial charge in [-0.25, -0.2) is 0 Å². The first-order valence-electron chi connectivity index (χ1n) is 4.06. The predicted molar refractivity (Wildman–Crippen MR) is 43.0 cm³/mol. The van der Waals surface area contributed by atoms with E-state index in [0.717, 1.165) is 12.8 Å². The molecule has 11 heavy (non-hydrogen) atoms. The Morgan fingerprint density at radius 1 is 1.45 bits per heavy atom. The molecule has 2 unspecified atom stereocenters. The second-order valence-corrected chi connectivity index (χ2v) is 4.40. The second kappa shape index (κ2) is 2.47. The highest BCUT2D eigenvalue weighted by molar-refractivity contribution is 4.86. The van der Waals surface area contributed by atoms with Crippen molar-refractivity contribution in [3.63, 3.8) is 0 Å². The van der Waals surface area contributed by atoms with Crippen molar-refractivity contribution in [2.45, 2.75) is 39.7 Å². The fourth-order valence-corrected chi connectivity index (χ4v) is 2.14. The van der Waals surface area contributed by atoms with Crippen LogP contribution in [0.15, 0.2) is 0 Å². The van der Waals surface area contributed by atoms with Crippen LogP contribution in [0.3, 0.4) is 0 Å². The van der Waals surface area contributed by atoms with Crippen LogP contribution in [0, 0.1) is 21.4 Å². The Kier molecular flexibility index (Phi) is 1.90. The SMILES string of the molecule is CC1CC(C)(C)CC1[N+](=O)[O-]. The first kappa shape index (κ1) is 8.50. The lowest BCUT2D eigenvalue weighted by molar-refractivity contribution is -0.528. The van der Waals surface area contributed by atoms with Crippen LogP contribution in [0.4, 0.5) is 0 Å². The van der Waals surface area contributed by atoms with E-state index in [0.29, 0.717) is 0 Å². The minimum Gasteiger partial charge on any atom is -0.264 e. The molecule has 1 aliphatic carbocycles. The third-order valence-corrected chi connectivity index (χ3v) is 2.56. The van der Waals surface area contributed by atoms with Gasteiger partial charge in [-0.05, 0) is 11.8 Å². The second-order valence-electron chi connectivity index (χ2n) is 4.40. The third kappa shape index (κ3) is 1.70. The van der Waals surface area contributed by atoms with Crippen molar-refractivity contribution in [1.29, 1.82) is 0 Å². The first-order chi connectivity index (χ1) is 4.92. The van der Waals surface area contributed by atoms with Crippen molar-refractivity contribution < 1.29 is 4.92 Å². The van der Waals surface area contributed by atoms with Crippen molar-refractivity contribution in [2.75, 3.05) is 0 Å². The van der Waals surface area contributed by atoms with Crippen molar-refractivity contribution >= 4 is 0 Å². The quantitative estimate of drug-likeness (QED) is 0.432. The Bertz CT molecular complexity index is 177. The Morgan fingerprint density at radius 2 is 2.00 bits per heavy atom. The van der Waals surface area contributed by atoms with Crippen LogP contribution in [0.25, 0.3) is 0 Å². The third-order valence-electron chi connectivity index (χ3n) is 2.56. The van der Waals surface area contributed by atoms with E-state index in [2.05, 4.69) is 13.8 Å². The molecule has 0 radical (unpaired) electrons. The van der Waals surface area contributed by atoms with Gasteiger partial charge < -0.3 is 0 Å². The molecule has 1 saturated carbocycles. The summed E-state index contributed by atoms with van der Waals surface area (Å²) in [4.78, 5) is 10.4. The zero-order valence-electron chi connectivity index (χ0n) is 7.33. The minimum atomic E-state index is -0.301. The fourth-order valence-electron chi connectivity index (χ4n) is 2.14. The monoisotopic (exact) mass is 157 g/mol. The maximum absolute atomic E-state index is 10.5. The molecule has 0 bridgehead atoms. The van der Waals surface area contributed by atoms with Gasteiger partial charge in [0.05, 0.1) is 0 Å². The van der Waals surface area contributed by atoms with Crippen LogP contribution in [0.1, 0.15) is 33.6 Å². The molecule has 0 aromatic rings. The largest absolute Gasteiger partial charge is 0.264 e. The maximum Gasteiger partial charge on any atom is 0.216 e. The standard InChI is InChI=1S/C8H15NO2/c1-6-4-8(2,3)5-7(6)9(10)11/h6-7H,4-5H2,1-3H3. The van der Waals surface area contributed by atoms with Gasteiger partial charge in [0.15, 0.2) is 0 Å². The van der Waals surface area contributed by atoms with Gasteiger partial charge in [-0.2, -0.15) is 0 Å². The molecule has 3 nitrogen and oxygen atoms in total. The number of hydrogen-bond acceptors (Lipinski definition) is 2. The number of hydrogen-bond donors (Lipinski definition) is 0. The summed E-state index contributed by atoms with van der Waals surface area (Å²) in [6.07, 6.45) is 1.72. The van der Waals surface area contributed by atoms with Crippen LogP contribution in [0.5, 0.6) is 0 Å². The van der Waals surface area contributed by atoms with Crippen LogP contribution < -0.4 is 0 Å². The normalized spacial score (nSPS) is 35.5. The Balaban J connectivity index is 2.66. The van der Waals surface area contributed by atoms with E-state index in [4.69, 9.17) is 0 Å². The van der Waals surface area contributed by atoms with Crippen molar-refractivity contribution in [3.8, 4) is 0 Å². The number of nitro groups is 1. The summed E-state index contributed by atoms with van der Waals surface area (Å²) in [6, 6.07) is -0.301. The molecule has 1 rings (SSSR count). The number of nitrogens with zero attached hydrogens (tertiary/aromatic N) is 1. The summed E-state index contributed by atoms with van der Waals surface area (Å²) >= 11 is 0. The molecule has 64 valence electrons. The zero-order valence-corrected chi connectivity index (χ0v) is 7.33. The summed E-state index contributed by atoms with van der Waals surface area (Å²) in [5.74, 6) is 0.250. The van der Waals surface area contributed by atoms with E-state index in [1.807, 2.05) is 6.92 Å². The average Bonchev–Trinajstić information content (AvgIpc) is 2.05. The molecule has 0 N–H and O–H groups in total. The highest BCUT2D eigenvalue weighted by Gasteiger charge is 2.43. The van der Waals surface area contributed by atoms with Gasteiger partial charge in [0.2, 0.25) is 6.04 Å². The van der Waals surface area contributed by atoms with Crippen molar-refractivity contribution in [1.82, 2.24) is 0 Å². The highest BCUT2D eigenvalue weighted by Crippen LogP contribution is 2.41. The first-order valence-corrected chi connectivity index (χ1v) is 4.06. The predicted octanol–water partition coefficient (Wildman–Crippen LogP) is 2.09. The van der Waals surface area contributed by atoms with Crippen LogP contribution in [-0.2, 0) is 0 Å². The molecule has 0 aromatic carbocycles. The molecule has 0 aliphatic heterocycles. The molecular formula is C8H15NO2. The summed E-state index contributed by atoms with van der Waals surface area (Å²) in [7, 11) is 0. The van der Waals surface area contributed by atoms with E-state index in [-0.39, 0.29) is 22.3 Å². The maximum atomic E-state index is 10.5. The number of rotatable bonds is 1. The van der Waals surface area contributed by atoms with Crippen LogP contribution in [-0.4, -0.2) is 11.0 Å². The highest BCUT2D eigenvalue weighted by atomic mass is 16.6. The Morgan fingerprint density at radius 3 is 2.18 bits per heavy atom. The lowest BCUT2D eigenvalue weighted by Crippen LogP contribution is -2.22. The average molecular weight is 157 g/mol. The fraction of sp³-hybridized carbons (Fsp3) is 1.00. The molecule has 0 spiro atoms. The van der Waals surface area contributed by atoms with Gasteiger partial charge in [0.25, 0.3) is 0 Å². The molecular weight excluding hydrogens is 142 g/mol. The molecule has 2 atom stereocenters. The van der Waals surface area contributed by atoms with E-state index in [1.165, 1.54) is 0 Å². The van der Waals surface area contributed by atoms with Crippen molar-refractivity contribution in [2.24, 2.45) is 11.3 Å². The molecule has 0 amide bonds. The summed E-state index contributed by atoms with van der Waals surface area (Å²) in [5, 5.41) is 10.5. The lowest BCUT2D eigenvalue weighted by atomic mass is 9.91. The van der Waals surface area contributed by atoms with E-state index in [9.17, 15) is 10.1 Å². The Hall–Kier alpha value is -0.600. The van der Waals surface area contributed by atoms with Crippen LogP contribution >= 0.6 is 0 Å². The summed E-state index contributed by atoms with van der Waals surface area (Å²) in [5.41, 5.74) is 0.178. The lowest BCUT2D eigenvalue weighted by Gasteiger charge is -2.13. The van der Waals surface area contributed by atoms with Gasteiger partial charge in [0.1, 0.15) is 0 Å². The smallest absolute Gasteiger partial charge is 0.216 e. The molecule has 1 fully saturated rings. The van der Waals surface area contributed by atoms with Gasteiger partial charge in [0, 0.05) is 17.3 Å². The molecule has 0 aromatic heterocycles. The summed E-state index contributed by atoms with van der Waals surface area (Å²) < 4.78 is 0. The van der Waals surface area contributed by atoms with Gasteiger partial charge in [-0.15, -0.1) is 0 Å². The van der Waals surface area contributed by atoms with E-state index >= 15 is 0 Å². The van der Waals surface area contributed by atoms with E-state index < -0.39 is 0 Å². The van der Waals surface area contributed by atoms with E-state index in [1.54, 1.807) is 0 Å².